The Morgan fingerprint density at radius 3 is 2.67 bits per heavy atom. The number of ether oxygens (including phenoxy) is 1. The lowest BCUT2D eigenvalue weighted by Crippen LogP contribution is -2.30. The van der Waals surface area contributed by atoms with E-state index in [-0.39, 0.29) is 4.90 Å². The van der Waals surface area contributed by atoms with Crippen molar-refractivity contribution in [3.63, 3.8) is 0 Å². The van der Waals surface area contributed by atoms with Crippen molar-refractivity contribution >= 4 is 38.7 Å². The van der Waals surface area contributed by atoms with Gasteiger partial charge in [-0.3, -0.25) is 0 Å². The van der Waals surface area contributed by atoms with Crippen LogP contribution >= 0.6 is 22.6 Å². The van der Waals surface area contributed by atoms with E-state index in [1.807, 2.05) is 22.6 Å². The molecule has 1 aromatic carbocycles. The number of methoxy groups -OCH3 is 1. The number of rotatable bonds is 2. The Balaban J connectivity index is 3.01. The number of benzene rings is 1. The lowest BCUT2D eigenvalue weighted by molar-refractivity contribution is 0.177. The van der Waals surface area contributed by atoms with Crippen LogP contribution in [0.25, 0.3) is 0 Å². The van der Waals surface area contributed by atoms with Crippen molar-refractivity contribution in [2.75, 3.05) is 7.11 Å². The minimum Gasteiger partial charge on any atom is -0.452 e. The first-order chi connectivity index (χ1) is 6.95. The second kappa shape index (κ2) is 4.79. The average Bonchev–Trinajstić information content (AvgIpc) is 2.17. The Morgan fingerprint density at radius 1 is 1.47 bits per heavy atom. The molecule has 0 bridgehead atoms. The van der Waals surface area contributed by atoms with E-state index in [0.717, 1.165) is 10.7 Å². The lowest BCUT2D eigenvalue weighted by Gasteiger charge is -2.05. The van der Waals surface area contributed by atoms with Crippen LogP contribution in [0.2, 0.25) is 0 Å². The predicted octanol–water partition coefficient (Wildman–Crippen LogP) is 1.34. The van der Waals surface area contributed by atoms with Crippen LogP contribution in [0.5, 0.6) is 0 Å². The second-order valence-electron chi connectivity index (χ2n) is 2.55. The van der Waals surface area contributed by atoms with Crippen molar-refractivity contribution < 1.29 is 17.9 Å². The molecule has 1 amide bonds. The molecule has 1 rings (SSSR count). The fourth-order valence-corrected chi connectivity index (χ4v) is 2.56. The van der Waals surface area contributed by atoms with E-state index >= 15 is 0 Å². The molecule has 15 heavy (non-hydrogen) atoms. The number of halogens is 1. The summed E-state index contributed by atoms with van der Waals surface area (Å²) < 4.78 is 29.8. The van der Waals surface area contributed by atoms with Gasteiger partial charge in [0.1, 0.15) is 0 Å². The molecule has 0 saturated carbocycles. The largest absolute Gasteiger partial charge is 0.452 e. The van der Waals surface area contributed by atoms with Crippen LogP contribution in [-0.4, -0.2) is 21.6 Å². The molecule has 1 aromatic rings. The molecule has 0 aromatic heterocycles. The van der Waals surface area contributed by atoms with Crippen molar-refractivity contribution in [3.8, 4) is 0 Å². The second-order valence-corrected chi connectivity index (χ2v) is 5.48. The molecular weight excluding hydrogens is 333 g/mol. The van der Waals surface area contributed by atoms with Crippen molar-refractivity contribution in [3.05, 3.63) is 27.8 Å². The lowest BCUT2D eigenvalue weighted by atomic mass is 10.4. The molecule has 5 nitrogen and oxygen atoms in total. The summed E-state index contributed by atoms with van der Waals surface area (Å²) in [5, 5.41) is 0. The third kappa shape index (κ3) is 3.34. The molecule has 1 N–H and O–H groups in total. The standard InChI is InChI=1S/C8H8INO4S/c1-14-8(11)10-15(12,13)7-4-2-3-6(9)5-7/h2-5H,1H3,(H,10,11). The molecule has 0 radical (unpaired) electrons. The van der Waals surface area contributed by atoms with Crippen molar-refractivity contribution in [2.45, 2.75) is 4.90 Å². The minimum absolute atomic E-state index is 0.0276. The van der Waals surface area contributed by atoms with Crippen LogP contribution in [-0.2, 0) is 14.8 Å². The topological polar surface area (TPSA) is 72.5 Å². The molecule has 0 unspecified atom stereocenters. The Morgan fingerprint density at radius 2 is 2.13 bits per heavy atom. The number of nitrogens with one attached hydrogen (secondary N) is 1. The molecule has 7 heteroatoms. The van der Waals surface area contributed by atoms with E-state index in [2.05, 4.69) is 4.74 Å². The summed E-state index contributed by atoms with van der Waals surface area (Å²) in [6, 6.07) is 6.19. The van der Waals surface area contributed by atoms with Gasteiger partial charge in [0.25, 0.3) is 10.0 Å². The van der Waals surface area contributed by atoms with Gasteiger partial charge in [0, 0.05) is 3.57 Å². The highest BCUT2D eigenvalue weighted by atomic mass is 127. The third-order valence-electron chi connectivity index (χ3n) is 1.51. The van der Waals surface area contributed by atoms with Gasteiger partial charge in [0.05, 0.1) is 12.0 Å². The van der Waals surface area contributed by atoms with Gasteiger partial charge in [-0.25, -0.2) is 17.9 Å². The van der Waals surface area contributed by atoms with E-state index in [1.54, 1.807) is 16.9 Å². The summed E-state index contributed by atoms with van der Waals surface area (Å²) in [6.07, 6.45) is -1.01. The Labute approximate surface area is 101 Å². The summed E-state index contributed by atoms with van der Waals surface area (Å²) in [4.78, 5) is 10.8. The maximum absolute atomic E-state index is 11.5. The molecule has 0 aliphatic rings. The summed E-state index contributed by atoms with van der Waals surface area (Å²) in [7, 11) is -2.73. The summed E-state index contributed by atoms with van der Waals surface area (Å²) in [5.41, 5.74) is 0. The van der Waals surface area contributed by atoms with Crippen LogP contribution < -0.4 is 4.72 Å². The third-order valence-corrected chi connectivity index (χ3v) is 3.49. The first-order valence-electron chi connectivity index (χ1n) is 3.82. The maximum atomic E-state index is 11.5. The summed E-state index contributed by atoms with van der Waals surface area (Å²) in [6.45, 7) is 0. The Kier molecular flexibility index (Phi) is 3.91. The fraction of sp³-hybridized carbons (Fsp3) is 0.125. The normalized spacial score (nSPS) is 10.8. The maximum Gasteiger partial charge on any atom is 0.420 e. The molecule has 82 valence electrons. The first-order valence-corrected chi connectivity index (χ1v) is 6.38. The van der Waals surface area contributed by atoms with Gasteiger partial charge in [0.2, 0.25) is 0 Å². The van der Waals surface area contributed by atoms with E-state index in [4.69, 9.17) is 0 Å². The van der Waals surface area contributed by atoms with Gasteiger partial charge in [-0.1, -0.05) is 6.07 Å². The summed E-state index contributed by atoms with van der Waals surface area (Å²) in [5.74, 6) is 0. The van der Waals surface area contributed by atoms with Crippen molar-refractivity contribution in [1.82, 2.24) is 4.72 Å². The van der Waals surface area contributed by atoms with Crippen LogP contribution in [0, 0.1) is 3.57 Å². The summed E-state index contributed by atoms with van der Waals surface area (Å²) >= 11 is 1.98. The molecule has 0 heterocycles. The molecular formula is C8H8INO4S. The van der Waals surface area contributed by atoms with Crippen LogP contribution in [0.15, 0.2) is 29.2 Å². The number of amides is 1. The van der Waals surface area contributed by atoms with E-state index in [9.17, 15) is 13.2 Å². The van der Waals surface area contributed by atoms with E-state index in [1.165, 1.54) is 12.1 Å². The van der Waals surface area contributed by atoms with Crippen LogP contribution in [0.4, 0.5) is 4.79 Å². The smallest absolute Gasteiger partial charge is 0.420 e. The first kappa shape index (κ1) is 12.2. The van der Waals surface area contributed by atoms with Gasteiger partial charge < -0.3 is 4.74 Å². The van der Waals surface area contributed by atoms with Crippen LogP contribution in [0.1, 0.15) is 0 Å². The van der Waals surface area contributed by atoms with E-state index in [0.29, 0.717) is 0 Å². The van der Waals surface area contributed by atoms with Gasteiger partial charge in [0.15, 0.2) is 0 Å². The molecule has 0 aliphatic carbocycles. The molecule has 0 spiro atoms. The number of hydrogen-bond donors (Lipinski definition) is 1. The number of sulfonamides is 1. The molecule has 0 saturated heterocycles. The number of carbonyl (C=O) groups is 1. The average molecular weight is 341 g/mol. The van der Waals surface area contributed by atoms with E-state index < -0.39 is 16.1 Å². The van der Waals surface area contributed by atoms with Crippen molar-refractivity contribution in [2.24, 2.45) is 0 Å². The highest BCUT2D eigenvalue weighted by Gasteiger charge is 2.17. The number of carbonyl (C=O) groups excluding carboxylic acids is 1. The zero-order valence-electron chi connectivity index (χ0n) is 7.73. The zero-order chi connectivity index (χ0) is 11.5. The highest BCUT2D eigenvalue weighted by molar-refractivity contribution is 14.1. The highest BCUT2D eigenvalue weighted by Crippen LogP contribution is 2.12. The minimum atomic E-state index is -3.82. The zero-order valence-corrected chi connectivity index (χ0v) is 10.7. The monoisotopic (exact) mass is 341 g/mol. The van der Waals surface area contributed by atoms with Gasteiger partial charge in [-0.05, 0) is 40.8 Å². The van der Waals surface area contributed by atoms with Gasteiger partial charge >= 0.3 is 6.09 Å². The molecule has 0 fully saturated rings. The SMILES string of the molecule is COC(=O)NS(=O)(=O)c1cccc(I)c1. The van der Waals surface area contributed by atoms with Gasteiger partial charge in [-0.2, -0.15) is 0 Å². The fourth-order valence-electron chi connectivity index (χ4n) is 0.844. The molecule has 0 atom stereocenters. The quantitative estimate of drug-likeness (QED) is 0.824. The predicted molar refractivity (Wildman–Crippen MR) is 61.9 cm³/mol. The van der Waals surface area contributed by atoms with Crippen LogP contribution in [0.3, 0.4) is 0 Å². The Bertz CT molecular complexity index is 471. The Hall–Kier alpha value is -0.830. The van der Waals surface area contributed by atoms with Gasteiger partial charge in [-0.15, -0.1) is 0 Å². The number of hydrogen-bond acceptors (Lipinski definition) is 4. The molecule has 0 aliphatic heterocycles. The van der Waals surface area contributed by atoms with Crippen molar-refractivity contribution in [1.29, 1.82) is 0 Å².